The molecule has 0 bridgehead atoms. The normalized spacial score (nSPS) is 17.1. The Balaban J connectivity index is 1.75. The molecule has 2 heterocycles. The summed E-state index contributed by atoms with van der Waals surface area (Å²) in [5.74, 6) is -52.4. The van der Waals surface area contributed by atoms with E-state index in [1.165, 1.54) is 6.07 Å². The van der Waals surface area contributed by atoms with Gasteiger partial charge in [0, 0.05) is 29.4 Å². The highest BCUT2D eigenvalue weighted by atomic mass is 32.2. The summed E-state index contributed by atoms with van der Waals surface area (Å²) in [7, 11) is -7.86. The molecule has 0 fully saturated rings. The third-order valence-corrected chi connectivity index (χ3v) is 8.51. The predicted octanol–water partition coefficient (Wildman–Crippen LogP) is 8.61. The molecule has 0 unspecified atom stereocenters. The largest absolute Gasteiger partial charge is 0.492 e. The highest BCUT2D eigenvalue weighted by molar-refractivity contribution is 7.87. The van der Waals surface area contributed by atoms with E-state index in [4.69, 9.17) is 4.74 Å². The molecule has 0 radical (unpaired) electrons. The number of aromatic nitrogens is 1. The van der Waals surface area contributed by atoms with Crippen LogP contribution < -0.4 is 4.74 Å². The Morgan fingerprint density at radius 2 is 1.22 bits per heavy atom. The molecule has 0 amide bonds. The SMILES string of the molecule is CCn1c2ccccc2c2c3c(ccc21)/C(=N/OS(=O)(=O)C(F)(F)C(F)(F)C(F)(F)C(F)(F)C(F)(F)C(F)(F)C(F)(F)C(F)(F)F)CCO3. The number of hydrogen-bond acceptors (Lipinski definition) is 5. The number of hydrogen-bond donors (Lipinski definition) is 0. The van der Waals surface area contributed by atoms with Gasteiger partial charge in [-0.1, -0.05) is 23.4 Å². The fourth-order valence-electron chi connectivity index (χ4n) is 4.75. The van der Waals surface area contributed by atoms with Gasteiger partial charge in [0.15, 0.2) is 0 Å². The molecule has 24 heteroatoms. The van der Waals surface area contributed by atoms with Gasteiger partial charge in [-0.2, -0.15) is 83.1 Å². The molecular weight excluding hydrogens is 747 g/mol. The van der Waals surface area contributed by atoms with Crippen LogP contribution in [0.4, 0.5) is 74.6 Å². The molecule has 0 aliphatic carbocycles. The maximum absolute atomic E-state index is 14.5. The quantitative estimate of drug-likeness (QED) is 0.153. The molecule has 0 N–H and O–H groups in total. The number of fused-ring (bicyclic) bond motifs is 5. The zero-order chi connectivity index (χ0) is 37.6. The number of aryl methyl sites for hydroxylation is 1. The number of oxime groups is 1. The van der Waals surface area contributed by atoms with Crippen molar-refractivity contribution >= 4 is 37.6 Å². The Kier molecular flexibility index (Phi) is 8.65. The number of benzene rings is 2. The molecule has 4 rings (SSSR count). The van der Waals surface area contributed by atoms with Crippen molar-refractivity contribution in [3.63, 3.8) is 0 Å². The van der Waals surface area contributed by atoms with Crippen LogP contribution in [0.15, 0.2) is 41.6 Å². The van der Waals surface area contributed by atoms with Crippen molar-refractivity contribution in [2.45, 2.75) is 66.9 Å². The van der Waals surface area contributed by atoms with E-state index in [1.807, 2.05) is 0 Å². The van der Waals surface area contributed by atoms with Crippen LogP contribution in [0, 0.1) is 0 Å². The summed E-state index contributed by atoms with van der Waals surface area (Å²) >= 11 is 0. The second-order valence-corrected chi connectivity index (χ2v) is 11.8. The van der Waals surface area contributed by atoms with Crippen molar-refractivity contribution < 1.29 is 92.1 Å². The molecule has 2 aromatic carbocycles. The lowest BCUT2D eigenvalue weighted by atomic mass is 9.91. The average molecular weight is 762 g/mol. The third-order valence-electron chi connectivity index (χ3n) is 7.36. The maximum atomic E-state index is 14.5. The van der Waals surface area contributed by atoms with Gasteiger partial charge in [-0.3, -0.25) is 4.28 Å². The summed E-state index contributed by atoms with van der Waals surface area (Å²) in [5, 5.41) is -4.33. The van der Waals surface area contributed by atoms with Crippen LogP contribution in [0.25, 0.3) is 21.8 Å². The predicted molar refractivity (Wildman–Crippen MR) is 132 cm³/mol. The summed E-state index contributed by atoms with van der Waals surface area (Å²) in [6.07, 6.45) is -8.51. The number of alkyl halides is 17. The van der Waals surface area contributed by atoms with Gasteiger partial charge in [0.25, 0.3) is 0 Å². The molecule has 0 spiro atoms. The van der Waals surface area contributed by atoms with E-state index in [0.717, 1.165) is 6.07 Å². The number of rotatable bonds is 10. The van der Waals surface area contributed by atoms with E-state index < -0.39 is 75.8 Å². The van der Waals surface area contributed by atoms with Gasteiger partial charge < -0.3 is 9.30 Å². The first kappa shape index (κ1) is 38.1. The van der Waals surface area contributed by atoms with E-state index in [2.05, 4.69) is 9.44 Å². The smallest absolute Gasteiger partial charge is 0.460 e. The molecule has 0 atom stereocenters. The summed E-state index contributed by atoms with van der Waals surface area (Å²) < 4.78 is 265. The number of nitrogens with zero attached hydrogens (tertiary/aromatic N) is 2. The second-order valence-electron chi connectivity index (χ2n) is 10.2. The fraction of sp³-hybridized carbons (Fsp3) is 0.480. The molecular formula is C25H15F17N2O4S. The Hall–Kier alpha value is -3.73. The average Bonchev–Trinajstić information content (AvgIpc) is 3.32. The minimum absolute atomic E-state index is 0.117. The summed E-state index contributed by atoms with van der Waals surface area (Å²) in [6, 6.07) is 9.04. The second kappa shape index (κ2) is 11.1. The molecule has 3 aromatic rings. The minimum atomic E-state index is -8.95. The van der Waals surface area contributed by atoms with Crippen LogP contribution >= 0.6 is 0 Å². The van der Waals surface area contributed by atoms with Gasteiger partial charge in [0.1, 0.15) is 5.75 Å². The van der Waals surface area contributed by atoms with Crippen molar-refractivity contribution in [3.05, 3.63) is 42.0 Å². The van der Waals surface area contributed by atoms with Crippen molar-refractivity contribution in [2.24, 2.45) is 5.16 Å². The van der Waals surface area contributed by atoms with Crippen molar-refractivity contribution in [2.75, 3.05) is 6.61 Å². The summed E-state index contributed by atoms with van der Waals surface area (Å²) in [5.41, 5.74) is 0.107. The van der Waals surface area contributed by atoms with Crippen LogP contribution in [-0.2, 0) is 20.9 Å². The topological polar surface area (TPSA) is 69.9 Å². The summed E-state index contributed by atoms with van der Waals surface area (Å²) in [4.78, 5) is 0. The lowest BCUT2D eigenvalue weighted by molar-refractivity contribution is -0.458. The van der Waals surface area contributed by atoms with Gasteiger partial charge >= 0.3 is 57.1 Å². The molecule has 274 valence electrons. The standard InChI is InChI=1S/C25H15F17N2O4S/c1-2-44-14-6-4-3-5-12(14)16-15(44)8-7-11-13(9-10-47-17(11)16)43-48-49(45,46)25(41,42)23(36,37)21(32,33)19(28,29)18(26,27)20(30,31)22(34,35)24(38,39)40/h3-8H,2,9-10H2,1H3/b43-13+. The number of ether oxygens (including phenoxy) is 1. The zero-order valence-electron chi connectivity index (χ0n) is 23.4. The van der Waals surface area contributed by atoms with Crippen LogP contribution in [0.5, 0.6) is 5.75 Å². The first-order valence-corrected chi connectivity index (χ1v) is 14.3. The van der Waals surface area contributed by atoms with Crippen molar-refractivity contribution in [1.82, 2.24) is 4.57 Å². The number of para-hydroxylation sites is 1. The van der Waals surface area contributed by atoms with E-state index >= 15 is 0 Å². The molecule has 0 saturated heterocycles. The Morgan fingerprint density at radius 1 is 0.714 bits per heavy atom. The molecule has 6 nitrogen and oxygen atoms in total. The Labute approximate surface area is 261 Å². The summed E-state index contributed by atoms with van der Waals surface area (Å²) in [6.45, 7) is 1.67. The monoisotopic (exact) mass is 762 g/mol. The molecule has 1 aliphatic rings. The molecule has 0 saturated carbocycles. The highest BCUT2D eigenvalue weighted by Crippen LogP contribution is 2.64. The van der Waals surface area contributed by atoms with Crippen LogP contribution in [-0.4, -0.2) is 72.3 Å². The van der Waals surface area contributed by atoms with Gasteiger partial charge in [-0.05, 0) is 25.1 Å². The van der Waals surface area contributed by atoms with E-state index in [9.17, 15) is 83.1 Å². The molecule has 1 aromatic heterocycles. The first-order chi connectivity index (χ1) is 22.0. The van der Waals surface area contributed by atoms with E-state index in [1.54, 1.807) is 35.8 Å². The van der Waals surface area contributed by atoms with Gasteiger partial charge in [-0.15, -0.1) is 0 Å². The van der Waals surface area contributed by atoms with Crippen LogP contribution in [0.3, 0.4) is 0 Å². The first-order valence-electron chi connectivity index (χ1n) is 12.9. The lowest BCUT2D eigenvalue weighted by Gasteiger charge is -2.42. The van der Waals surface area contributed by atoms with Gasteiger partial charge in [0.05, 0.1) is 23.2 Å². The lowest BCUT2D eigenvalue weighted by Crippen LogP contribution is -2.75. The Bertz CT molecular complexity index is 1920. The van der Waals surface area contributed by atoms with E-state index in [-0.39, 0.29) is 11.3 Å². The fourth-order valence-corrected chi connectivity index (χ4v) is 5.48. The minimum Gasteiger partial charge on any atom is -0.492 e. The van der Waals surface area contributed by atoms with Crippen LogP contribution in [0.1, 0.15) is 18.9 Å². The molecule has 49 heavy (non-hydrogen) atoms. The molecule has 1 aliphatic heterocycles. The highest BCUT2D eigenvalue weighted by Gasteiger charge is 2.96. The van der Waals surface area contributed by atoms with Gasteiger partial charge in [0.2, 0.25) is 0 Å². The van der Waals surface area contributed by atoms with Crippen molar-refractivity contribution in [1.29, 1.82) is 0 Å². The zero-order valence-corrected chi connectivity index (χ0v) is 24.3. The maximum Gasteiger partial charge on any atom is 0.460 e. The van der Waals surface area contributed by atoms with E-state index in [0.29, 0.717) is 28.4 Å². The number of halogens is 17. The Morgan fingerprint density at radius 3 is 1.76 bits per heavy atom. The van der Waals surface area contributed by atoms with Crippen molar-refractivity contribution in [3.8, 4) is 5.75 Å². The van der Waals surface area contributed by atoms with Crippen LogP contribution in [0.2, 0.25) is 0 Å². The third kappa shape index (κ3) is 4.96. The van der Waals surface area contributed by atoms with Gasteiger partial charge in [-0.25, -0.2) is 0 Å².